The minimum Gasteiger partial charge on any atom is -0.481 e. The van der Waals surface area contributed by atoms with E-state index < -0.39 is 20.9 Å². The van der Waals surface area contributed by atoms with Crippen LogP contribution in [-0.2, 0) is 14.8 Å². The number of carboxylic acids is 1. The normalized spacial score (nSPS) is 11.5. The Morgan fingerprint density at radius 1 is 1.37 bits per heavy atom. The van der Waals surface area contributed by atoms with E-state index in [4.69, 9.17) is 5.11 Å². The first-order chi connectivity index (χ1) is 8.75. The predicted molar refractivity (Wildman–Crippen MR) is 65.2 cm³/mol. The van der Waals surface area contributed by atoms with Crippen molar-refractivity contribution in [1.82, 2.24) is 4.31 Å². The van der Waals surface area contributed by atoms with Crippen molar-refractivity contribution >= 4 is 21.7 Å². The Kier molecular flexibility index (Phi) is 4.57. The van der Waals surface area contributed by atoms with Crippen LogP contribution in [0, 0.1) is 10.1 Å². The van der Waals surface area contributed by atoms with Crippen molar-refractivity contribution in [3.8, 4) is 0 Å². The Morgan fingerprint density at radius 2 is 1.89 bits per heavy atom. The Balaban J connectivity index is 2.93. The largest absolute Gasteiger partial charge is 0.481 e. The van der Waals surface area contributed by atoms with E-state index in [0.29, 0.717) is 0 Å². The number of carbonyl (C=O) groups is 1. The standard InChI is InChI=1S/C10H12N2O6S/c1-11(7-6-10(13)14)19(17,18)9-4-2-8(3-5-9)12(15)16/h2-5H,6-7H2,1H3,(H,13,14). The molecule has 0 radical (unpaired) electrons. The number of nitro groups is 1. The molecule has 0 heterocycles. The average Bonchev–Trinajstić information content (AvgIpc) is 2.35. The van der Waals surface area contributed by atoms with Crippen molar-refractivity contribution in [3.63, 3.8) is 0 Å². The van der Waals surface area contributed by atoms with Crippen LogP contribution in [0.25, 0.3) is 0 Å². The van der Waals surface area contributed by atoms with Crippen molar-refractivity contribution in [3.05, 3.63) is 34.4 Å². The van der Waals surface area contributed by atoms with Gasteiger partial charge in [0.2, 0.25) is 10.0 Å². The zero-order valence-electron chi connectivity index (χ0n) is 10.0. The summed E-state index contributed by atoms with van der Waals surface area (Å²) in [5.74, 6) is -1.11. The second kappa shape index (κ2) is 5.76. The molecule has 0 saturated heterocycles. The van der Waals surface area contributed by atoms with Gasteiger partial charge in [0.25, 0.3) is 5.69 Å². The molecule has 8 nitrogen and oxygen atoms in total. The quantitative estimate of drug-likeness (QED) is 0.607. The van der Waals surface area contributed by atoms with Gasteiger partial charge in [-0.25, -0.2) is 12.7 Å². The fourth-order valence-electron chi connectivity index (χ4n) is 1.29. The van der Waals surface area contributed by atoms with E-state index in [0.717, 1.165) is 28.6 Å². The number of hydrogen-bond acceptors (Lipinski definition) is 5. The van der Waals surface area contributed by atoms with Crippen LogP contribution in [0.3, 0.4) is 0 Å². The first kappa shape index (κ1) is 15.1. The van der Waals surface area contributed by atoms with Gasteiger partial charge in [-0.1, -0.05) is 0 Å². The van der Waals surface area contributed by atoms with E-state index in [1.807, 2.05) is 0 Å². The molecular formula is C10H12N2O6S. The van der Waals surface area contributed by atoms with Gasteiger partial charge in [0.15, 0.2) is 0 Å². The number of carboxylic acid groups (broad SMARTS) is 1. The maximum atomic E-state index is 12.0. The molecule has 0 atom stereocenters. The average molecular weight is 288 g/mol. The van der Waals surface area contributed by atoms with E-state index in [1.54, 1.807) is 0 Å². The van der Waals surface area contributed by atoms with Gasteiger partial charge in [0.1, 0.15) is 0 Å². The molecule has 1 aromatic rings. The van der Waals surface area contributed by atoms with Crippen LogP contribution in [0.1, 0.15) is 6.42 Å². The summed E-state index contributed by atoms with van der Waals surface area (Å²) < 4.78 is 24.9. The number of aliphatic carboxylic acids is 1. The molecule has 0 aliphatic carbocycles. The zero-order chi connectivity index (χ0) is 14.6. The summed E-state index contributed by atoms with van der Waals surface area (Å²) in [4.78, 5) is 20.1. The predicted octanol–water partition coefficient (Wildman–Crippen LogP) is 0.690. The molecule has 0 bridgehead atoms. The summed E-state index contributed by atoms with van der Waals surface area (Å²) in [5, 5.41) is 19.0. The van der Waals surface area contributed by atoms with Crippen molar-refractivity contribution < 1.29 is 23.2 Å². The summed E-state index contributed by atoms with van der Waals surface area (Å²) in [7, 11) is -2.58. The Bertz CT molecular complexity index is 581. The van der Waals surface area contributed by atoms with Gasteiger partial charge in [0.05, 0.1) is 16.2 Å². The fourth-order valence-corrected chi connectivity index (χ4v) is 2.46. The van der Waals surface area contributed by atoms with Crippen LogP contribution in [0.4, 0.5) is 5.69 Å². The lowest BCUT2D eigenvalue weighted by Crippen LogP contribution is -2.29. The van der Waals surface area contributed by atoms with Crippen LogP contribution in [-0.4, -0.2) is 42.3 Å². The highest BCUT2D eigenvalue weighted by atomic mass is 32.2. The molecule has 19 heavy (non-hydrogen) atoms. The van der Waals surface area contributed by atoms with E-state index in [-0.39, 0.29) is 23.5 Å². The van der Waals surface area contributed by atoms with Crippen molar-refractivity contribution in [2.45, 2.75) is 11.3 Å². The molecular weight excluding hydrogens is 276 g/mol. The van der Waals surface area contributed by atoms with Gasteiger partial charge in [0, 0.05) is 25.7 Å². The highest BCUT2D eigenvalue weighted by Crippen LogP contribution is 2.18. The molecule has 1 rings (SSSR count). The minimum absolute atomic E-state index is 0.119. The number of nitro benzene ring substituents is 1. The highest BCUT2D eigenvalue weighted by Gasteiger charge is 2.21. The number of sulfonamides is 1. The molecule has 0 amide bonds. The van der Waals surface area contributed by atoms with E-state index in [1.165, 1.54) is 7.05 Å². The molecule has 0 aromatic heterocycles. The monoisotopic (exact) mass is 288 g/mol. The van der Waals surface area contributed by atoms with E-state index in [2.05, 4.69) is 0 Å². The fraction of sp³-hybridized carbons (Fsp3) is 0.300. The molecule has 1 aromatic carbocycles. The van der Waals surface area contributed by atoms with Gasteiger partial charge in [-0.05, 0) is 12.1 Å². The Hall–Kier alpha value is -2.00. The SMILES string of the molecule is CN(CCC(=O)O)S(=O)(=O)c1ccc([N+](=O)[O-])cc1. The maximum Gasteiger partial charge on any atom is 0.304 e. The third-order valence-electron chi connectivity index (χ3n) is 2.40. The molecule has 9 heteroatoms. The summed E-state index contributed by atoms with van der Waals surface area (Å²) in [6.07, 6.45) is -0.317. The molecule has 1 N–H and O–H groups in total. The lowest BCUT2D eigenvalue weighted by molar-refractivity contribution is -0.384. The van der Waals surface area contributed by atoms with Crippen molar-refractivity contribution in [2.24, 2.45) is 0 Å². The summed E-state index contributed by atoms with van der Waals surface area (Å²) in [6.45, 7) is -0.172. The molecule has 0 spiro atoms. The minimum atomic E-state index is -3.83. The second-order valence-corrected chi connectivity index (χ2v) is 5.77. The third-order valence-corrected chi connectivity index (χ3v) is 4.27. The summed E-state index contributed by atoms with van der Waals surface area (Å²) >= 11 is 0. The van der Waals surface area contributed by atoms with Crippen LogP contribution in [0.2, 0.25) is 0 Å². The van der Waals surface area contributed by atoms with Crippen LogP contribution in [0.5, 0.6) is 0 Å². The van der Waals surface area contributed by atoms with Gasteiger partial charge < -0.3 is 5.11 Å². The van der Waals surface area contributed by atoms with Crippen LogP contribution in [0.15, 0.2) is 29.2 Å². The summed E-state index contributed by atoms with van der Waals surface area (Å²) in [6, 6.07) is 4.39. The van der Waals surface area contributed by atoms with Crippen molar-refractivity contribution in [1.29, 1.82) is 0 Å². The lowest BCUT2D eigenvalue weighted by atomic mass is 10.3. The lowest BCUT2D eigenvalue weighted by Gasteiger charge is -2.15. The second-order valence-electron chi connectivity index (χ2n) is 3.72. The topological polar surface area (TPSA) is 118 Å². The first-order valence-corrected chi connectivity index (χ1v) is 6.61. The summed E-state index contributed by atoms with van der Waals surface area (Å²) in [5.41, 5.74) is -0.216. The smallest absolute Gasteiger partial charge is 0.304 e. The number of nitrogens with zero attached hydrogens (tertiary/aromatic N) is 2. The van der Waals surface area contributed by atoms with E-state index >= 15 is 0 Å². The van der Waals surface area contributed by atoms with Gasteiger partial charge in [-0.2, -0.15) is 0 Å². The zero-order valence-corrected chi connectivity index (χ0v) is 10.8. The van der Waals surface area contributed by atoms with Crippen molar-refractivity contribution in [2.75, 3.05) is 13.6 Å². The first-order valence-electron chi connectivity index (χ1n) is 5.17. The van der Waals surface area contributed by atoms with Gasteiger partial charge in [-0.15, -0.1) is 0 Å². The molecule has 0 aliphatic heterocycles. The molecule has 0 fully saturated rings. The number of benzene rings is 1. The molecule has 0 unspecified atom stereocenters. The maximum absolute atomic E-state index is 12.0. The highest BCUT2D eigenvalue weighted by molar-refractivity contribution is 7.89. The number of hydrogen-bond donors (Lipinski definition) is 1. The van der Waals surface area contributed by atoms with Crippen LogP contribution >= 0.6 is 0 Å². The van der Waals surface area contributed by atoms with Gasteiger partial charge in [-0.3, -0.25) is 14.9 Å². The van der Waals surface area contributed by atoms with E-state index in [9.17, 15) is 23.3 Å². The number of non-ortho nitro benzene ring substituents is 1. The molecule has 0 saturated carbocycles. The molecule has 0 aliphatic rings. The molecule has 104 valence electrons. The van der Waals surface area contributed by atoms with Gasteiger partial charge >= 0.3 is 5.97 Å². The van der Waals surface area contributed by atoms with Crippen LogP contribution < -0.4 is 0 Å². The Labute approximate surface area is 109 Å². The number of rotatable bonds is 6. The Morgan fingerprint density at radius 3 is 2.32 bits per heavy atom. The third kappa shape index (κ3) is 3.73.